The van der Waals surface area contributed by atoms with Crippen LogP contribution in [0.4, 0.5) is 17.6 Å². The third kappa shape index (κ3) is 2.49. The minimum absolute atomic E-state index is 0.0709. The molecule has 0 spiro atoms. The van der Waals surface area contributed by atoms with Crippen molar-refractivity contribution in [3.05, 3.63) is 44.5 Å². The smallest absolute Gasteiger partial charge is 0.316 e. The third-order valence-corrected chi connectivity index (χ3v) is 3.81. The minimum atomic E-state index is -4.27. The molecule has 2 rings (SSSR count). The zero-order valence-corrected chi connectivity index (χ0v) is 11.2. The fourth-order valence-corrected chi connectivity index (χ4v) is 2.11. The molecule has 2 aromatic rings. The highest BCUT2D eigenvalue weighted by molar-refractivity contribution is 9.09. The van der Waals surface area contributed by atoms with Crippen LogP contribution < -0.4 is 11.1 Å². The molecule has 0 fully saturated rings. The molecule has 1 atom stereocenters. The van der Waals surface area contributed by atoms with Crippen LogP contribution in [0.2, 0.25) is 0 Å². The second-order valence-electron chi connectivity index (χ2n) is 4.05. The van der Waals surface area contributed by atoms with Crippen molar-refractivity contribution in [2.24, 2.45) is 0 Å². The second-order valence-corrected chi connectivity index (χ2v) is 4.97. The van der Waals surface area contributed by atoms with Crippen LogP contribution in [0, 0.1) is 0 Å². The van der Waals surface area contributed by atoms with Crippen LogP contribution in [-0.4, -0.2) is 22.3 Å². The van der Waals surface area contributed by atoms with Gasteiger partial charge in [-0.1, -0.05) is 22.0 Å². The Balaban J connectivity index is 2.54. The van der Waals surface area contributed by atoms with E-state index in [-0.39, 0.29) is 16.6 Å². The van der Waals surface area contributed by atoms with Gasteiger partial charge in [0.2, 0.25) is 0 Å². The molecular formula is C11H7BrF4N2O2. The van der Waals surface area contributed by atoms with Crippen LogP contribution in [0.1, 0.15) is 10.4 Å². The van der Waals surface area contributed by atoms with E-state index < -0.39 is 28.3 Å². The zero-order valence-electron chi connectivity index (χ0n) is 9.59. The number of nitrogens with one attached hydrogen (secondary N) is 2. The summed E-state index contributed by atoms with van der Waals surface area (Å²) in [6, 6.07) is 3.51. The van der Waals surface area contributed by atoms with E-state index in [1.54, 1.807) is 0 Å². The Hall–Kier alpha value is -1.64. The van der Waals surface area contributed by atoms with E-state index in [2.05, 4.69) is 25.9 Å². The van der Waals surface area contributed by atoms with Gasteiger partial charge in [0, 0.05) is 0 Å². The Morgan fingerprint density at radius 3 is 2.15 bits per heavy atom. The van der Waals surface area contributed by atoms with E-state index in [9.17, 15) is 27.2 Å². The molecule has 0 amide bonds. The lowest BCUT2D eigenvalue weighted by Crippen LogP contribution is -2.31. The summed E-state index contributed by atoms with van der Waals surface area (Å²) in [6.07, 6.45) is -3.84. The molecule has 4 nitrogen and oxygen atoms in total. The molecule has 0 radical (unpaired) electrons. The highest BCUT2D eigenvalue weighted by atomic mass is 79.9. The molecule has 0 bridgehead atoms. The summed E-state index contributed by atoms with van der Waals surface area (Å²) < 4.78 is 51.1. The predicted octanol–water partition coefficient (Wildman–Crippen LogP) is 2.55. The Morgan fingerprint density at radius 2 is 1.60 bits per heavy atom. The van der Waals surface area contributed by atoms with Crippen LogP contribution in [0.25, 0.3) is 11.0 Å². The fraction of sp³-hybridized carbons (Fsp3) is 0.273. The first-order valence-electron chi connectivity index (χ1n) is 5.29. The number of benzene rings is 1. The highest BCUT2D eigenvalue weighted by Crippen LogP contribution is 2.42. The Labute approximate surface area is 116 Å². The largest absolute Gasteiger partial charge is 0.323 e. The van der Waals surface area contributed by atoms with Gasteiger partial charge in [-0.25, -0.2) is 8.78 Å². The van der Waals surface area contributed by atoms with Gasteiger partial charge < -0.3 is 9.97 Å². The van der Waals surface area contributed by atoms with Gasteiger partial charge in [0.1, 0.15) is 4.83 Å². The maximum atomic E-state index is 13.2. The number of fused-ring (bicyclic) bond motifs is 1. The summed E-state index contributed by atoms with van der Waals surface area (Å²) in [4.78, 5) is 24.7. The summed E-state index contributed by atoms with van der Waals surface area (Å²) >= 11 is 2.53. The predicted molar refractivity (Wildman–Crippen MR) is 67.8 cm³/mol. The zero-order chi connectivity index (χ0) is 15.1. The molecule has 1 unspecified atom stereocenters. The number of alkyl halides is 5. The number of hydrogen-bond donors (Lipinski definition) is 2. The summed E-state index contributed by atoms with van der Waals surface area (Å²) in [5, 5.41) is 0. The number of H-pyrrole nitrogens is 2. The van der Waals surface area contributed by atoms with E-state index in [1.807, 2.05) is 0 Å². The van der Waals surface area contributed by atoms with Crippen molar-refractivity contribution < 1.29 is 17.6 Å². The van der Waals surface area contributed by atoms with Gasteiger partial charge in [0.25, 0.3) is 0 Å². The quantitative estimate of drug-likeness (QED) is 0.505. The summed E-state index contributed by atoms with van der Waals surface area (Å²) in [7, 11) is 0. The van der Waals surface area contributed by atoms with Crippen LogP contribution in [0.5, 0.6) is 0 Å². The molecule has 108 valence electrons. The minimum Gasteiger partial charge on any atom is -0.316 e. The molecule has 9 heteroatoms. The van der Waals surface area contributed by atoms with Gasteiger partial charge in [-0.05, 0) is 17.7 Å². The van der Waals surface area contributed by atoms with E-state index in [1.165, 1.54) is 6.07 Å². The second kappa shape index (κ2) is 5.04. The molecule has 1 aromatic carbocycles. The first kappa shape index (κ1) is 14.8. The van der Waals surface area contributed by atoms with E-state index in [0.29, 0.717) is 0 Å². The van der Waals surface area contributed by atoms with Crippen molar-refractivity contribution in [2.45, 2.75) is 17.2 Å². The Kier molecular flexibility index (Phi) is 3.72. The number of halogens is 5. The van der Waals surface area contributed by atoms with Crippen molar-refractivity contribution in [3.63, 3.8) is 0 Å². The molecule has 1 aromatic heterocycles. The van der Waals surface area contributed by atoms with Gasteiger partial charge in [-0.2, -0.15) is 8.78 Å². The fourth-order valence-electron chi connectivity index (χ4n) is 1.62. The van der Waals surface area contributed by atoms with Gasteiger partial charge >= 0.3 is 23.5 Å². The van der Waals surface area contributed by atoms with Crippen molar-refractivity contribution in [2.75, 3.05) is 0 Å². The first-order chi connectivity index (χ1) is 9.23. The Morgan fingerprint density at radius 1 is 1.05 bits per heavy atom. The number of rotatable bonds is 3. The van der Waals surface area contributed by atoms with Crippen LogP contribution in [-0.2, 0) is 0 Å². The topological polar surface area (TPSA) is 65.7 Å². The molecule has 0 aliphatic carbocycles. The van der Waals surface area contributed by atoms with Gasteiger partial charge in [-0.3, -0.25) is 9.59 Å². The summed E-state index contributed by atoms with van der Waals surface area (Å²) in [5.74, 6) is -4.27. The normalized spacial score (nSPS) is 13.9. The van der Waals surface area contributed by atoms with Crippen molar-refractivity contribution in [1.29, 1.82) is 0 Å². The Bertz CT molecular complexity index is 756. The SMILES string of the molecule is O=c1[nH]c2ccc(C(Br)C(F)(F)C(F)F)cc2[nH]c1=O. The maximum absolute atomic E-state index is 13.2. The van der Waals surface area contributed by atoms with Crippen LogP contribution in [0.15, 0.2) is 27.8 Å². The van der Waals surface area contributed by atoms with E-state index in [4.69, 9.17) is 0 Å². The van der Waals surface area contributed by atoms with Crippen LogP contribution >= 0.6 is 15.9 Å². The summed E-state index contributed by atoms with van der Waals surface area (Å²) in [6.45, 7) is 0. The molecule has 20 heavy (non-hydrogen) atoms. The maximum Gasteiger partial charge on any atom is 0.323 e. The van der Waals surface area contributed by atoms with Gasteiger partial charge in [0.05, 0.1) is 11.0 Å². The number of hydrogen-bond acceptors (Lipinski definition) is 2. The molecule has 2 N–H and O–H groups in total. The number of aromatic nitrogens is 2. The monoisotopic (exact) mass is 354 g/mol. The highest BCUT2D eigenvalue weighted by Gasteiger charge is 2.48. The first-order valence-corrected chi connectivity index (χ1v) is 6.21. The van der Waals surface area contributed by atoms with E-state index in [0.717, 1.165) is 12.1 Å². The summed E-state index contributed by atoms with van der Waals surface area (Å²) in [5.41, 5.74) is -1.72. The molecule has 0 aliphatic heterocycles. The van der Waals surface area contributed by atoms with Crippen molar-refractivity contribution in [3.8, 4) is 0 Å². The van der Waals surface area contributed by atoms with Gasteiger partial charge in [0.15, 0.2) is 0 Å². The van der Waals surface area contributed by atoms with Crippen molar-refractivity contribution in [1.82, 2.24) is 9.97 Å². The molecule has 0 aliphatic rings. The molecule has 0 saturated heterocycles. The third-order valence-electron chi connectivity index (χ3n) is 2.67. The molecule has 0 saturated carbocycles. The molecular weight excluding hydrogens is 348 g/mol. The number of aromatic amines is 2. The average Bonchev–Trinajstić information content (AvgIpc) is 2.38. The lowest BCUT2D eigenvalue weighted by molar-refractivity contribution is -0.127. The molecule has 1 heterocycles. The van der Waals surface area contributed by atoms with Gasteiger partial charge in [-0.15, -0.1) is 0 Å². The van der Waals surface area contributed by atoms with Crippen molar-refractivity contribution >= 4 is 27.0 Å². The van der Waals surface area contributed by atoms with E-state index >= 15 is 0 Å². The lowest BCUT2D eigenvalue weighted by Gasteiger charge is -2.21. The van der Waals surface area contributed by atoms with Crippen LogP contribution in [0.3, 0.4) is 0 Å². The lowest BCUT2D eigenvalue weighted by atomic mass is 10.1. The standard InChI is InChI=1S/C11H7BrF4N2O2/c12-7(11(15,16)10(13)14)4-1-2-5-6(3-4)18-9(20)8(19)17-5/h1-3,7,10H,(H,17,19)(H,18,20). The average molecular weight is 355 g/mol.